The zero-order valence-corrected chi connectivity index (χ0v) is 22.3. The van der Waals surface area contributed by atoms with E-state index in [2.05, 4.69) is 20.4 Å². The Bertz CT molecular complexity index is 1520. The SMILES string of the molecule is Cc1nc(Oc2ccc(NC(=O)C3CC(=O)N(c4ccc(Cl)cc4)C3)cc2)cc(-n2nc(C)c(C)c2C)n1. The van der Waals surface area contributed by atoms with Crippen molar-refractivity contribution in [3.63, 3.8) is 0 Å². The first-order valence-corrected chi connectivity index (χ1v) is 12.6. The normalized spacial score (nSPS) is 15.1. The zero-order chi connectivity index (χ0) is 27.0. The van der Waals surface area contributed by atoms with Gasteiger partial charge in [-0.1, -0.05) is 11.6 Å². The van der Waals surface area contributed by atoms with Gasteiger partial charge in [0.05, 0.1) is 11.6 Å². The van der Waals surface area contributed by atoms with Crippen LogP contribution >= 0.6 is 11.6 Å². The van der Waals surface area contributed by atoms with E-state index < -0.39 is 5.92 Å². The van der Waals surface area contributed by atoms with Crippen molar-refractivity contribution in [2.45, 2.75) is 34.1 Å². The number of halogens is 1. The first kappa shape index (κ1) is 25.4. The maximum Gasteiger partial charge on any atom is 0.229 e. The first-order valence-electron chi connectivity index (χ1n) is 12.2. The number of hydrogen-bond acceptors (Lipinski definition) is 6. The zero-order valence-electron chi connectivity index (χ0n) is 21.5. The molecule has 2 aromatic heterocycles. The molecule has 0 bridgehead atoms. The lowest BCUT2D eigenvalue weighted by Crippen LogP contribution is -2.28. The Morgan fingerprint density at radius 1 is 1.03 bits per heavy atom. The molecule has 1 atom stereocenters. The number of ether oxygens (including phenoxy) is 1. The Hall–Kier alpha value is -4.24. The third-order valence-corrected chi connectivity index (χ3v) is 6.90. The van der Waals surface area contributed by atoms with Crippen molar-refractivity contribution in [1.82, 2.24) is 19.7 Å². The van der Waals surface area contributed by atoms with Gasteiger partial charge in [0, 0.05) is 41.1 Å². The second-order valence-electron chi connectivity index (χ2n) is 9.32. The molecule has 1 saturated heterocycles. The Balaban J connectivity index is 1.24. The van der Waals surface area contributed by atoms with E-state index in [9.17, 15) is 9.59 Å². The highest BCUT2D eigenvalue weighted by molar-refractivity contribution is 6.30. The van der Waals surface area contributed by atoms with E-state index in [1.54, 1.807) is 71.1 Å². The fourth-order valence-electron chi connectivity index (χ4n) is 4.35. The smallest absolute Gasteiger partial charge is 0.229 e. The van der Waals surface area contributed by atoms with E-state index in [0.29, 0.717) is 40.5 Å². The summed E-state index contributed by atoms with van der Waals surface area (Å²) in [6, 6.07) is 15.8. The second-order valence-corrected chi connectivity index (χ2v) is 9.75. The van der Waals surface area contributed by atoms with Gasteiger partial charge in [0.2, 0.25) is 17.7 Å². The summed E-state index contributed by atoms with van der Waals surface area (Å²) in [6.45, 7) is 8.11. The number of nitrogens with zero attached hydrogens (tertiary/aromatic N) is 5. The lowest BCUT2D eigenvalue weighted by atomic mass is 10.1. The molecule has 2 aromatic carbocycles. The number of benzene rings is 2. The van der Waals surface area contributed by atoms with Crippen molar-refractivity contribution in [1.29, 1.82) is 0 Å². The summed E-state index contributed by atoms with van der Waals surface area (Å²) in [5, 5.41) is 8.06. The van der Waals surface area contributed by atoms with Gasteiger partial charge in [-0.05, 0) is 81.8 Å². The van der Waals surface area contributed by atoms with Crippen molar-refractivity contribution < 1.29 is 14.3 Å². The van der Waals surface area contributed by atoms with Gasteiger partial charge in [-0.25, -0.2) is 9.67 Å². The fraction of sp³-hybridized carbons (Fsp3) is 0.250. The van der Waals surface area contributed by atoms with Crippen LogP contribution < -0.4 is 15.0 Å². The van der Waals surface area contributed by atoms with Gasteiger partial charge in [0.15, 0.2) is 5.82 Å². The van der Waals surface area contributed by atoms with Gasteiger partial charge >= 0.3 is 0 Å². The van der Waals surface area contributed by atoms with Crippen molar-refractivity contribution in [2.75, 3.05) is 16.8 Å². The summed E-state index contributed by atoms with van der Waals surface area (Å²) >= 11 is 5.95. The molecule has 3 heterocycles. The van der Waals surface area contributed by atoms with Gasteiger partial charge in [0.1, 0.15) is 11.6 Å². The summed E-state index contributed by atoms with van der Waals surface area (Å²) in [5.74, 6) is 1.39. The van der Waals surface area contributed by atoms with Gasteiger partial charge in [-0.3, -0.25) is 9.59 Å². The predicted molar refractivity (Wildman–Crippen MR) is 145 cm³/mol. The minimum atomic E-state index is -0.449. The van der Waals surface area contributed by atoms with E-state index in [4.69, 9.17) is 16.3 Å². The molecule has 194 valence electrons. The van der Waals surface area contributed by atoms with Crippen LogP contribution in [0.25, 0.3) is 5.82 Å². The molecule has 0 spiro atoms. The highest BCUT2D eigenvalue weighted by Crippen LogP contribution is 2.28. The van der Waals surface area contributed by atoms with E-state index in [0.717, 1.165) is 22.6 Å². The molecule has 1 unspecified atom stereocenters. The van der Waals surface area contributed by atoms with Crippen molar-refractivity contribution in [3.8, 4) is 17.4 Å². The minimum Gasteiger partial charge on any atom is -0.439 e. The highest BCUT2D eigenvalue weighted by Gasteiger charge is 2.35. The average Bonchev–Trinajstić information content (AvgIpc) is 3.40. The molecule has 10 heteroatoms. The maximum absolute atomic E-state index is 12.9. The summed E-state index contributed by atoms with van der Waals surface area (Å²) in [5.41, 5.74) is 4.40. The Kier molecular flexibility index (Phi) is 6.86. The van der Waals surface area contributed by atoms with Crippen LogP contribution in [-0.2, 0) is 9.59 Å². The number of nitrogens with one attached hydrogen (secondary N) is 1. The molecule has 38 heavy (non-hydrogen) atoms. The molecule has 1 aliphatic rings. The van der Waals surface area contributed by atoms with E-state index >= 15 is 0 Å². The molecule has 1 fully saturated rings. The van der Waals surface area contributed by atoms with Crippen LogP contribution in [0.5, 0.6) is 11.6 Å². The highest BCUT2D eigenvalue weighted by atomic mass is 35.5. The average molecular weight is 531 g/mol. The molecule has 9 nitrogen and oxygen atoms in total. The molecular weight excluding hydrogens is 504 g/mol. The quantitative estimate of drug-likeness (QED) is 0.361. The van der Waals surface area contributed by atoms with Crippen LogP contribution in [0.15, 0.2) is 54.6 Å². The number of carbonyl (C=O) groups excluding carboxylic acids is 2. The number of amides is 2. The number of rotatable bonds is 6. The number of carbonyl (C=O) groups is 2. The van der Waals surface area contributed by atoms with Crippen LogP contribution in [-0.4, -0.2) is 38.1 Å². The maximum atomic E-state index is 12.9. The van der Waals surface area contributed by atoms with Gasteiger partial charge in [0.25, 0.3) is 0 Å². The molecule has 1 aliphatic heterocycles. The van der Waals surface area contributed by atoms with Crippen LogP contribution in [0.3, 0.4) is 0 Å². The summed E-state index contributed by atoms with van der Waals surface area (Å²) in [7, 11) is 0. The topological polar surface area (TPSA) is 102 Å². The Morgan fingerprint density at radius 3 is 2.39 bits per heavy atom. The summed E-state index contributed by atoms with van der Waals surface area (Å²) < 4.78 is 7.76. The molecule has 0 radical (unpaired) electrons. The molecule has 2 amide bonds. The molecule has 0 saturated carbocycles. The number of aromatic nitrogens is 4. The Morgan fingerprint density at radius 2 is 1.74 bits per heavy atom. The monoisotopic (exact) mass is 530 g/mol. The Labute approximate surface area is 225 Å². The standard InChI is InChI=1S/C28H27ClN6O3/c1-16-17(2)33-35(18(16)3)25-14-26(31-19(4)30-25)38-24-11-7-22(8-12-24)32-28(37)20-13-27(36)34(15-20)23-9-5-21(29)6-10-23/h5-12,14,20H,13,15H2,1-4H3,(H,32,37). The summed E-state index contributed by atoms with van der Waals surface area (Å²) in [6.07, 6.45) is 0.153. The van der Waals surface area contributed by atoms with Gasteiger partial charge in [-0.2, -0.15) is 10.1 Å². The molecule has 4 aromatic rings. The van der Waals surface area contributed by atoms with E-state index in [1.165, 1.54) is 0 Å². The number of aryl methyl sites for hydroxylation is 2. The van der Waals surface area contributed by atoms with E-state index in [1.807, 2.05) is 20.8 Å². The molecular formula is C28H27ClN6O3. The molecule has 0 aliphatic carbocycles. The fourth-order valence-corrected chi connectivity index (χ4v) is 4.48. The third kappa shape index (κ3) is 5.24. The number of anilines is 2. The largest absolute Gasteiger partial charge is 0.439 e. The lowest BCUT2D eigenvalue weighted by molar-refractivity contribution is -0.122. The predicted octanol–water partition coefficient (Wildman–Crippen LogP) is 5.33. The number of hydrogen-bond donors (Lipinski definition) is 1. The van der Waals surface area contributed by atoms with Crippen molar-refractivity contribution >= 4 is 34.8 Å². The van der Waals surface area contributed by atoms with Crippen LogP contribution in [0.1, 0.15) is 29.2 Å². The first-order chi connectivity index (χ1) is 18.2. The molecule has 5 rings (SSSR count). The lowest BCUT2D eigenvalue weighted by Gasteiger charge is -2.17. The van der Waals surface area contributed by atoms with Crippen LogP contribution in [0.4, 0.5) is 11.4 Å². The van der Waals surface area contributed by atoms with Crippen LogP contribution in [0, 0.1) is 33.6 Å². The van der Waals surface area contributed by atoms with Gasteiger partial charge in [-0.15, -0.1) is 0 Å². The van der Waals surface area contributed by atoms with Crippen molar-refractivity contribution in [3.05, 3.63) is 82.4 Å². The van der Waals surface area contributed by atoms with E-state index in [-0.39, 0.29) is 18.2 Å². The summed E-state index contributed by atoms with van der Waals surface area (Å²) in [4.78, 5) is 35.9. The second kappa shape index (κ2) is 10.3. The minimum absolute atomic E-state index is 0.0913. The van der Waals surface area contributed by atoms with Crippen LogP contribution in [0.2, 0.25) is 5.02 Å². The van der Waals surface area contributed by atoms with Gasteiger partial charge < -0.3 is 15.0 Å². The molecule has 1 N–H and O–H groups in total. The third-order valence-electron chi connectivity index (χ3n) is 6.65. The van der Waals surface area contributed by atoms with Crippen molar-refractivity contribution in [2.24, 2.45) is 5.92 Å².